The van der Waals surface area contributed by atoms with Crippen molar-refractivity contribution < 1.29 is 0 Å². The number of hydrogen-bond donors (Lipinski definition) is 0. The summed E-state index contributed by atoms with van der Waals surface area (Å²) in [5.41, 5.74) is 5.14. The quantitative estimate of drug-likeness (QED) is 0.647. The van der Waals surface area contributed by atoms with Gasteiger partial charge in [-0.3, -0.25) is 4.90 Å². The predicted molar refractivity (Wildman–Crippen MR) is 113 cm³/mol. The molecule has 0 spiro atoms. The molecule has 1 aromatic rings. The first-order valence-corrected chi connectivity index (χ1v) is 10.4. The van der Waals surface area contributed by atoms with Crippen LogP contribution in [-0.2, 0) is 0 Å². The highest BCUT2D eigenvalue weighted by molar-refractivity contribution is 5.48. The van der Waals surface area contributed by atoms with E-state index in [0.29, 0.717) is 5.41 Å². The Morgan fingerprint density at radius 2 is 1.69 bits per heavy atom. The Hall–Kier alpha value is -1.38. The summed E-state index contributed by atoms with van der Waals surface area (Å²) in [4.78, 5) is 5.24. The fourth-order valence-electron chi connectivity index (χ4n) is 4.59. The number of hydrogen-bond acceptors (Lipinski definition) is 2. The van der Waals surface area contributed by atoms with Gasteiger partial charge in [-0.2, -0.15) is 0 Å². The minimum absolute atomic E-state index is 0.423. The minimum atomic E-state index is 0.423. The standard InChI is InChI=1S/C24H36N2/c1-21-9-7-14-24(2,3)23(21)13-16-26-19-17-25(18-20-26)15-8-12-22-10-5-4-6-11-22/h4-6,8,10-12H,7,9,13-20H2,1-3H3. The summed E-state index contributed by atoms with van der Waals surface area (Å²) in [6, 6.07) is 10.6. The molecule has 0 bridgehead atoms. The highest BCUT2D eigenvalue weighted by Crippen LogP contribution is 2.41. The Bertz CT molecular complexity index is 619. The Labute approximate surface area is 160 Å². The van der Waals surface area contributed by atoms with E-state index in [1.807, 2.05) is 0 Å². The average molecular weight is 353 g/mol. The van der Waals surface area contributed by atoms with Crippen LogP contribution in [0.15, 0.2) is 47.6 Å². The summed E-state index contributed by atoms with van der Waals surface area (Å²) >= 11 is 0. The highest BCUT2D eigenvalue weighted by Gasteiger charge is 2.28. The molecule has 0 N–H and O–H groups in total. The van der Waals surface area contributed by atoms with E-state index in [-0.39, 0.29) is 0 Å². The van der Waals surface area contributed by atoms with Gasteiger partial charge in [0.15, 0.2) is 0 Å². The second-order valence-corrected chi connectivity index (χ2v) is 8.70. The molecule has 1 aliphatic carbocycles. The van der Waals surface area contributed by atoms with E-state index in [1.54, 1.807) is 11.1 Å². The molecule has 0 aromatic heterocycles. The van der Waals surface area contributed by atoms with Crippen LogP contribution in [0.25, 0.3) is 6.08 Å². The molecule has 2 heteroatoms. The van der Waals surface area contributed by atoms with Crippen LogP contribution in [0, 0.1) is 5.41 Å². The summed E-state index contributed by atoms with van der Waals surface area (Å²) in [6.07, 6.45) is 9.88. The zero-order chi connectivity index (χ0) is 18.4. The highest BCUT2D eigenvalue weighted by atomic mass is 15.3. The Morgan fingerprint density at radius 3 is 2.38 bits per heavy atom. The van der Waals surface area contributed by atoms with Gasteiger partial charge in [0.05, 0.1) is 0 Å². The number of nitrogens with zero attached hydrogens (tertiary/aromatic N) is 2. The van der Waals surface area contributed by atoms with E-state index in [4.69, 9.17) is 0 Å². The monoisotopic (exact) mass is 352 g/mol. The van der Waals surface area contributed by atoms with E-state index in [9.17, 15) is 0 Å². The van der Waals surface area contributed by atoms with Gasteiger partial charge in [0.25, 0.3) is 0 Å². The van der Waals surface area contributed by atoms with Crippen LogP contribution < -0.4 is 0 Å². The fourth-order valence-corrected chi connectivity index (χ4v) is 4.59. The van der Waals surface area contributed by atoms with Crippen molar-refractivity contribution in [3.05, 3.63) is 53.1 Å². The van der Waals surface area contributed by atoms with Crippen molar-refractivity contribution in [1.29, 1.82) is 0 Å². The van der Waals surface area contributed by atoms with Crippen molar-refractivity contribution in [2.45, 2.75) is 46.5 Å². The molecule has 0 radical (unpaired) electrons. The molecule has 1 saturated heterocycles. The van der Waals surface area contributed by atoms with E-state index in [0.717, 1.165) is 6.54 Å². The first kappa shape index (κ1) is 19.4. The van der Waals surface area contributed by atoms with Crippen molar-refractivity contribution in [2.24, 2.45) is 5.41 Å². The maximum Gasteiger partial charge on any atom is 0.0167 e. The van der Waals surface area contributed by atoms with E-state index in [1.165, 1.54) is 64.0 Å². The molecule has 26 heavy (non-hydrogen) atoms. The van der Waals surface area contributed by atoms with Crippen molar-refractivity contribution in [1.82, 2.24) is 9.80 Å². The van der Waals surface area contributed by atoms with Gasteiger partial charge >= 0.3 is 0 Å². The van der Waals surface area contributed by atoms with Crippen LogP contribution in [0.4, 0.5) is 0 Å². The molecular formula is C24H36N2. The molecule has 1 aromatic carbocycles. The van der Waals surface area contributed by atoms with E-state index < -0.39 is 0 Å². The van der Waals surface area contributed by atoms with Crippen LogP contribution in [0.1, 0.15) is 52.0 Å². The maximum atomic E-state index is 2.67. The van der Waals surface area contributed by atoms with Gasteiger partial charge in [0.1, 0.15) is 0 Å². The molecule has 1 fully saturated rings. The number of allylic oxidation sites excluding steroid dienone is 1. The number of rotatable bonds is 6. The SMILES string of the molecule is CC1=C(CCN2CCN(CC=Cc3ccccc3)CC2)C(C)(C)CCC1. The first-order chi connectivity index (χ1) is 12.5. The minimum Gasteiger partial charge on any atom is -0.300 e. The summed E-state index contributed by atoms with van der Waals surface area (Å²) < 4.78 is 0. The van der Waals surface area contributed by atoms with Crippen molar-refractivity contribution in [3.63, 3.8) is 0 Å². The summed E-state index contributed by atoms with van der Waals surface area (Å²) in [7, 11) is 0. The second kappa shape index (κ2) is 9.01. The third-order valence-electron chi connectivity index (χ3n) is 6.30. The van der Waals surface area contributed by atoms with Crippen LogP contribution >= 0.6 is 0 Å². The molecule has 0 unspecified atom stereocenters. The molecule has 1 heterocycles. The predicted octanol–water partition coefficient (Wildman–Crippen LogP) is 5.23. The van der Waals surface area contributed by atoms with Crippen LogP contribution in [0.5, 0.6) is 0 Å². The summed E-state index contributed by atoms with van der Waals surface area (Å²) in [5, 5.41) is 0. The Morgan fingerprint density at radius 1 is 1.00 bits per heavy atom. The molecule has 3 rings (SSSR count). The summed E-state index contributed by atoms with van der Waals surface area (Å²) in [6.45, 7) is 14.4. The Balaban J connectivity index is 1.41. The Kier molecular flexibility index (Phi) is 6.72. The molecule has 2 nitrogen and oxygen atoms in total. The normalized spacial score (nSPS) is 22.3. The van der Waals surface area contributed by atoms with Gasteiger partial charge in [-0.1, -0.05) is 67.5 Å². The van der Waals surface area contributed by atoms with E-state index in [2.05, 4.69) is 73.1 Å². The first-order valence-electron chi connectivity index (χ1n) is 10.4. The zero-order valence-electron chi connectivity index (χ0n) is 17.0. The summed E-state index contributed by atoms with van der Waals surface area (Å²) in [5.74, 6) is 0. The molecule has 1 aliphatic heterocycles. The zero-order valence-corrected chi connectivity index (χ0v) is 17.0. The number of benzene rings is 1. The van der Waals surface area contributed by atoms with Gasteiger partial charge in [-0.05, 0) is 43.6 Å². The van der Waals surface area contributed by atoms with Crippen molar-refractivity contribution in [2.75, 3.05) is 39.3 Å². The molecule has 0 saturated carbocycles. The lowest BCUT2D eigenvalue weighted by molar-refractivity contribution is 0.141. The maximum absolute atomic E-state index is 2.67. The lowest BCUT2D eigenvalue weighted by Crippen LogP contribution is -2.46. The van der Waals surface area contributed by atoms with Gasteiger partial charge in [0, 0.05) is 39.3 Å². The van der Waals surface area contributed by atoms with Gasteiger partial charge < -0.3 is 4.90 Å². The third kappa shape index (κ3) is 5.31. The lowest BCUT2D eigenvalue weighted by Gasteiger charge is -2.38. The lowest BCUT2D eigenvalue weighted by atomic mass is 9.71. The second-order valence-electron chi connectivity index (χ2n) is 8.70. The molecule has 0 atom stereocenters. The van der Waals surface area contributed by atoms with Crippen LogP contribution in [-0.4, -0.2) is 49.1 Å². The van der Waals surface area contributed by atoms with E-state index >= 15 is 0 Å². The smallest absolute Gasteiger partial charge is 0.0167 e. The molecule has 2 aliphatic rings. The van der Waals surface area contributed by atoms with Gasteiger partial charge in [0.2, 0.25) is 0 Å². The van der Waals surface area contributed by atoms with Gasteiger partial charge in [-0.15, -0.1) is 0 Å². The third-order valence-corrected chi connectivity index (χ3v) is 6.30. The topological polar surface area (TPSA) is 6.48 Å². The van der Waals surface area contributed by atoms with Crippen molar-refractivity contribution in [3.8, 4) is 0 Å². The van der Waals surface area contributed by atoms with Crippen LogP contribution in [0.3, 0.4) is 0 Å². The molecule has 0 amide bonds. The molecule has 142 valence electrons. The molecular weight excluding hydrogens is 316 g/mol. The average Bonchev–Trinajstić information content (AvgIpc) is 2.63. The van der Waals surface area contributed by atoms with Crippen molar-refractivity contribution >= 4 is 6.08 Å². The number of piperazine rings is 1. The van der Waals surface area contributed by atoms with Gasteiger partial charge in [-0.25, -0.2) is 0 Å². The fraction of sp³-hybridized carbons (Fsp3) is 0.583. The largest absolute Gasteiger partial charge is 0.300 e. The van der Waals surface area contributed by atoms with Crippen LogP contribution in [0.2, 0.25) is 0 Å².